The fraction of sp³-hybridized carbons (Fsp3) is 1.00. The van der Waals surface area contributed by atoms with Crippen LogP contribution in [-0.2, 0) is 9.47 Å². The van der Waals surface area contributed by atoms with Crippen LogP contribution < -0.4 is 0 Å². The van der Waals surface area contributed by atoms with E-state index >= 15 is 0 Å². The zero-order valence-electron chi connectivity index (χ0n) is 10.6. The normalized spacial score (nSPS) is 44.4. The van der Waals surface area contributed by atoms with E-state index in [1.54, 1.807) is 0 Å². The van der Waals surface area contributed by atoms with Gasteiger partial charge in [-0.25, -0.2) is 0 Å². The first kappa shape index (κ1) is 12.3. The minimum atomic E-state index is -0.402. The SMILES string of the molecule is CC(C)C1CCC(C)C2(C1)OCC(CO)O2. The predicted octanol–water partition coefficient (Wildman–Crippen LogP) is 2.18. The first-order valence-electron chi connectivity index (χ1n) is 6.50. The van der Waals surface area contributed by atoms with Crippen LogP contribution in [0.25, 0.3) is 0 Å². The highest BCUT2D eigenvalue weighted by atomic mass is 16.7. The van der Waals surface area contributed by atoms with Gasteiger partial charge in [-0.2, -0.15) is 0 Å². The molecule has 1 aliphatic heterocycles. The van der Waals surface area contributed by atoms with Crippen molar-refractivity contribution in [3.8, 4) is 0 Å². The Bertz CT molecular complexity index is 241. The summed E-state index contributed by atoms with van der Waals surface area (Å²) in [4.78, 5) is 0. The van der Waals surface area contributed by atoms with Crippen molar-refractivity contribution >= 4 is 0 Å². The summed E-state index contributed by atoms with van der Waals surface area (Å²) in [7, 11) is 0. The van der Waals surface area contributed by atoms with Crippen LogP contribution in [-0.4, -0.2) is 30.2 Å². The molecule has 2 fully saturated rings. The molecule has 4 unspecified atom stereocenters. The highest BCUT2D eigenvalue weighted by Gasteiger charge is 2.49. The van der Waals surface area contributed by atoms with E-state index in [1.807, 2.05) is 0 Å². The summed E-state index contributed by atoms with van der Waals surface area (Å²) in [5, 5.41) is 9.14. The third kappa shape index (κ3) is 2.13. The molecule has 0 radical (unpaired) electrons. The predicted molar refractivity (Wildman–Crippen MR) is 62.0 cm³/mol. The third-order valence-corrected chi connectivity index (χ3v) is 4.29. The number of hydrogen-bond donors (Lipinski definition) is 1. The maximum atomic E-state index is 9.14. The summed E-state index contributed by atoms with van der Waals surface area (Å²) in [5.41, 5.74) is 0. The van der Waals surface area contributed by atoms with Gasteiger partial charge in [0.1, 0.15) is 6.10 Å². The third-order valence-electron chi connectivity index (χ3n) is 4.29. The maximum Gasteiger partial charge on any atom is 0.171 e. The van der Waals surface area contributed by atoms with Crippen LogP contribution in [0.2, 0.25) is 0 Å². The molecule has 1 N–H and O–H groups in total. The van der Waals surface area contributed by atoms with E-state index < -0.39 is 5.79 Å². The summed E-state index contributed by atoms with van der Waals surface area (Å²) in [6.07, 6.45) is 3.31. The zero-order chi connectivity index (χ0) is 11.8. The largest absolute Gasteiger partial charge is 0.394 e. The number of aliphatic hydroxyl groups excluding tert-OH is 1. The molecule has 0 aromatic heterocycles. The Kier molecular flexibility index (Phi) is 3.57. The lowest BCUT2D eigenvalue weighted by Gasteiger charge is -2.42. The second-order valence-electron chi connectivity index (χ2n) is 5.73. The van der Waals surface area contributed by atoms with Gasteiger partial charge in [-0.05, 0) is 24.7 Å². The number of hydrogen-bond acceptors (Lipinski definition) is 3. The summed E-state index contributed by atoms with van der Waals surface area (Å²) in [6, 6.07) is 0. The molecule has 1 saturated heterocycles. The van der Waals surface area contributed by atoms with Gasteiger partial charge in [-0.1, -0.05) is 20.8 Å². The molecular weight excluding hydrogens is 204 g/mol. The van der Waals surface area contributed by atoms with Gasteiger partial charge in [-0.3, -0.25) is 0 Å². The van der Waals surface area contributed by atoms with Crippen LogP contribution in [0.4, 0.5) is 0 Å². The van der Waals surface area contributed by atoms with Gasteiger partial charge in [0.05, 0.1) is 13.2 Å². The lowest BCUT2D eigenvalue weighted by Crippen LogP contribution is -2.45. The molecule has 3 heteroatoms. The zero-order valence-corrected chi connectivity index (χ0v) is 10.6. The van der Waals surface area contributed by atoms with Crippen molar-refractivity contribution in [1.82, 2.24) is 0 Å². The molecule has 0 aromatic rings. The molecule has 0 bridgehead atoms. The van der Waals surface area contributed by atoms with Crippen molar-refractivity contribution in [3.63, 3.8) is 0 Å². The van der Waals surface area contributed by atoms with Gasteiger partial charge in [0.2, 0.25) is 0 Å². The van der Waals surface area contributed by atoms with Crippen molar-refractivity contribution in [2.45, 2.75) is 51.9 Å². The van der Waals surface area contributed by atoms with Crippen LogP contribution >= 0.6 is 0 Å². The lowest BCUT2D eigenvalue weighted by atomic mass is 9.74. The van der Waals surface area contributed by atoms with E-state index in [2.05, 4.69) is 20.8 Å². The van der Waals surface area contributed by atoms with Crippen molar-refractivity contribution in [3.05, 3.63) is 0 Å². The molecule has 1 spiro atoms. The molecule has 94 valence electrons. The number of rotatable bonds is 2. The van der Waals surface area contributed by atoms with Crippen molar-refractivity contribution in [2.75, 3.05) is 13.2 Å². The Hall–Kier alpha value is -0.120. The minimum absolute atomic E-state index is 0.0703. The fourth-order valence-corrected chi connectivity index (χ4v) is 2.96. The second kappa shape index (κ2) is 4.63. The van der Waals surface area contributed by atoms with Crippen molar-refractivity contribution in [2.24, 2.45) is 17.8 Å². The van der Waals surface area contributed by atoms with Crippen LogP contribution in [0.5, 0.6) is 0 Å². The molecule has 0 aromatic carbocycles. The maximum absolute atomic E-state index is 9.14. The van der Waals surface area contributed by atoms with Gasteiger partial charge in [-0.15, -0.1) is 0 Å². The molecule has 2 aliphatic rings. The van der Waals surface area contributed by atoms with Gasteiger partial charge in [0.15, 0.2) is 5.79 Å². The Morgan fingerprint density at radius 1 is 1.38 bits per heavy atom. The second-order valence-corrected chi connectivity index (χ2v) is 5.73. The van der Waals surface area contributed by atoms with Gasteiger partial charge in [0.25, 0.3) is 0 Å². The molecule has 1 heterocycles. The lowest BCUT2D eigenvalue weighted by molar-refractivity contribution is -0.231. The Labute approximate surface area is 98.1 Å². The Balaban J connectivity index is 2.06. The van der Waals surface area contributed by atoms with Gasteiger partial charge in [0, 0.05) is 12.3 Å². The standard InChI is InChI=1S/C13H24O3/c1-9(2)11-5-4-10(3)13(6-11)15-8-12(7-14)16-13/h9-12,14H,4-8H2,1-3H3. The summed E-state index contributed by atoms with van der Waals surface area (Å²) < 4.78 is 11.9. The highest BCUT2D eigenvalue weighted by Crippen LogP contribution is 2.46. The fourth-order valence-electron chi connectivity index (χ4n) is 2.96. The van der Waals surface area contributed by atoms with E-state index in [1.165, 1.54) is 12.8 Å². The molecule has 0 amide bonds. The summed E-state index contributed by atoms with van der Waals surface area (Å²) in [6.45, 7) is 7.36. The minimum Gasteiger partial charge on any atom is -0.394 e. The van der Waals surface area contributed by atoms with Crippen LogP contribution in [0, 0.1) is 17.8 Å². The van der Waals surface area contributed by atoms with E-state index in [4.69, 9.17) is 14.6 Å². The quantitative estimate of drug-likeness (QED) is 0.787. The summed E-state index contributed by atoms with van der Waals surface area (Å²) >= 11 is 0. The van der Waals surface area contributed by atoms with E-state index in [0.29, 0.717) is 24.4 Å². The first-order chi connectivity index (χ1) is 7.57. The van der Waals surface area contributed by atoms with E-state index in [-0.39, 0.29) is 12.7 Å². The molecule has 2 rings (SSSR count). The Morgan fingerprint density at radius 3 is 2.69 bits per heavy atom. The van der Waals surface area contributed by atoms with E-state index in [0.717, 1.165) is 6.42 Å². The molecule has 3 nitrogen and oxygen atoms in total. The molecule has 4 atom stereocenters. The molecule has 1 saturated carbocycles. The van der Waals surface area contributed by atoms with Crippen LogP contribution in [0.1, 0.15) is 40.0 Å². The average Bonchev–Trinajstić information content (AvgIpc) is 2.67. The van der Waals surface area contributed by atoms with Gasteiger partial charge >= 0.3 is 0 Å². The van der Waals surface area contributed by atoms with Gasteiger partial charge < -0.3 is 14.6 Å². The molecule has 1 aliphatic carbocycles. The van der Waals surface area contributed by atoms with Crippen molar-refractivity contribution < 1.29 is 14.6 Å². The number of ether oxygens (including phenoxy) is 2. The Morgan fingerprint density at radius 2 is 2.12 bits per heavy atom. The molecular formula is C13H24O3. The molecule has 16 heavy (non-hydrogen) atoms. The summed E-state index contributed by atoms with van der Waals surface area (Å²) in [5.74, 6) is 1.41. The van der Waals surface area contributed by atoms with Crippen LogP contribution in [0.3, 0.4) is 0 Å². The monoisotopic (exact) mass is 228 g/mol. The van der Waals surface area contributed by atoms with Crippen molar-refractivity contribution in [1.29, 1.82) is 0 Å². The topological polar surface area (TPSA) is 38.7 Å². The van der Waals surface area contributed by atoms with Crippen LogP contribution in [0.15, 0.2) is 0 Å². The van der Waals surface area contributed by atoms with E-state index in [9.17, 15) is 0 Å². The highest BCUT2D eigenvalue weighted by molar-refractivity contribution is 4.91. The first-order valence-corrected chi connectivity index (χ1v) is 6.50. The number of aliphatic hydroxyl groups is 1. The average molecular weight is 228 g/mol. The smallest absolute Gasteiger partial charge is 0.171 e.